The molecule has 0 unspecified atom stereocenters. The highest BCUT2D eigenvalue weighted by Crippen LogP contribution is 2.23. The van der Waals surface area contributed by atoms with Crippen LogP contribution < -0.4 is 15.4 Å². The second-order valence-electron chi connectivity index (χ2n) is 6.70. The zero-order valence-electron chi connectivity index (χ0n) is 17.3. The monoisotopic (exact) mass is 404 g/mol. The minimum Gasteiger partial charge on any atom is -0.496 e. The second kappa shape index (κ2) is 9.05. The van der Waals surface area contributed by atoms with Gasteiger partial charge in [-0.1, -0.05) is 12.1 Å². The summed E-state index contributed by atoms with van der Waals surface area (Å²) < 4.78 is 28.9. The van der Waals surface area contributed by atoms with Crippen molar-refractivity contribution in [3.63, 3.8) is 0 Å². The van der Waals surface area contributed by atoms with Crippen molar-refractivity contribution in [2.45, 2.75) is 38.8 Å². The molecule has 1 aromatic heterocycles. The molecule has 28 heavy (non-hydrogen) atoms. The number of pyridine rings is 1. The first-order valence-corrected chi connectivity index (χ1v) is 10.8. The molecule has 0 aliphatic heterocycles. The number of aryl methyl sites for hydroxylation is 2. The first kappa shape index (κ1) is 21.7. The normalized spacial score (nSPS) is 12.0. The Hall–Kier alpha value is -2.61. The second-order valence-corrected chi connectivity index (χ2v) is 8.68. The summed E-state index contributed by atoms with van der Waals surface area (Å²) in [7, 11) is 0.142. The van der Waals surface area contributed by atoms with E-state index in [0.29, 0.717) is 23.9 Å². The number of aromatic nitrogens is 1. The van der Waals surface area contributed by atoms with Crippen molar-refractivity contribution in [2.75, 3.05) is 20.4 Å². The molecule has 0 fully saturated rings. The predicted octanol–water partition coefficient (Wildman–Crippen LogP) is 2.28. The minimum atomic E-state index is -3.21. The summed E-state index contributed by atoms with van der Waals surface area (Å²) in [6.45, 7) is 6.78. The molecular formula is C20H28N4O3S. The maximum absolute atomic E-state index is 11.7. The van der Waals surface area contributed by atoms with Crippen LogP contribution in [0.5, 0.6) is 5.75 Å². The fourth-order valence-corrected chi connectivity index (χ4v) is 4.02. The molecule has 2 aromatic rings. The fraction of sp³-hybridized carbons (Fsp3) is 0.400. The molecule has 2 N–H and O–H groups in total. The van der Waals surface area contributed by atoms with Crippen LogP contribution in [-0.4, -0.2) is 39.8 Å². The molecule has 0 atom stereocenters. The molecule has 1 heterocycles. The van der Waals surface area contributed by atoms with E-state index < -0.39 is 9.84 Å². The lowest BCUT2D eigenvalue weighted by molar-refractivity contribution is 0.406. The third kappa shape index (κ3) is 5.22. The van der Waals surface area contributed by atoms with Gasteiger partial charge in [0, 0.05) is 37.2 Å². The lowest BCUT2D eigenvalue weighted by atomic mass is 10.1. The maximum atomic E-state index is 11.7. The Bertz CT molecular complexity index is 985. The largest absolute Gasteiger partial charge is 0.496 e. The Labute approximate surface area is 167 Å². The van der Waals surface area contributed by atoms with Gasteiger partial charge in [0.1, 0.15) is 5.75 Å². The van der Waals surface area contributed by atoms with Gasteiger partial charge >= 0.3 is 0 Å². The number of nitrogens with one attached hydrogen (secondary N) is 2. The van der Waals surface area contributed by atoms with Crippen molar-refractivity contribution >= 4 is 15.8 Å². The van der Waals surface area contributed by atoms with E-state index in [1.165, 1.54) is 6.26 Å². The summed E-state index contributed by atoms with van der Waals surface area (Å²) in [6, 6.07) is 5.32. The van der Waals surface area contributed by atoms with Crippen LogP contribution in [0.2, 0.25) is 0 Å². The van der Waals surface area contributed by atoms with Gasteiger partial charge in [0.05, 0.1) is 24.2 Å². The summed E-state index contributed by atoms with van der Waals surface area (Å²) in [6.07, 6.45) is 3.01. The summed E-state index contributed by atoms with van der Waals surface area (Å²) in [4.78, 5) is 9.06. The molecule has 0 saturated heterocycles. The van der Waals surface area contributed by atoms with Crippen LogP contribution in [0, 0.1) is 20.8 Å². The van der Waals surface area contributed by atoms with Crippen molar-refractivity contribution in [1.29, 1.82) is 0 Å². The SMILES string of the molecule is CN=C(NCc1ccc(S(C)(=O)=O)c(C)c1)NCc1ncc(C)c(OC)c1C. The van der Waals surface area contributed by atoms with Crippen molar-refractivity contribution in [3.05, 3.63) is 52.3 Å². The van der Waals surface area contributed by atoms with Crippen molar-refractivity contribution in [1.82, 2.24) is 15.6 Å². The highest BCUT2D eigenvalue weighted by Gasteiger charge is 2.12. The summed E-state index contributed by atoms with van der Waals surface area (Å²) in [5.41, 5.74) is 4.59. The Morgan fingerprint density at radius 1 is 1.14 bits per heavy atom. The van der Waals surface area contributed by atoms with Gasteiger partial charge in [0.2, 0.25) is 0 Å². The van der Waals surface area contributed by atoms with E-state index in [9.17, 15) is 8.42 Å². The molecule has 8 heteroatoms. The average Bonchev–Trinajstić information content (AvgIpc) is 2.62. The number of sulfone groups is 1. The number of guanidine groups is 1. The number of nitrogens with zero attached hydrogens (tertiary/aromatic N) is 2. The topological polar surface area (TPSA) is 92.7 Å². The third-order valence-electron chi connectivity index (χ3n) is 4.50. The van der Waals surface area contributed by atoms with Crippen LogP contribution in [-0.2, 0) is 22.9 Å². The standard InChI is InChI=1S/C20H28N4O3S/c1-13-9-16(7-8-18(13)28(6,25)26)11-23-20(21-4)24-12-17-15(3)19(27-5)14(2)10-22-17/h7-10H,11-12H2,1-6H3,(H2,21,23,24). The van der Waals surface area contributed by atoms with Crippen LogP contribution in [0.1, 0.15) is 27.9 Å². The Morgan fingerprint density at radius 3 is 2.39 bits per heavy atom. The third-order valence-corrected chi connectivity index (χ3v) is 5.75. The van der Waals surface area contributed by atoms with Gasteiger partial charge in [-0.25, -0.2) is 8.42 Å². The lowest BCUT2D eigenvalue weighted by Crippen LogP contribution is -2.36. The highest BCUT2D eigenvalue weighted by atomic mass is 32.2. The van der Waals surface area contributed by atoms with E-state index in [2.05, 4.69) is 20.6 Å². The van der Waals surface area contributed by atoms with Crippen molar-refractivity contribution in [3.8, 4) is 5.75 Å². The quantitative estimate of drug-likeness (QED) is 0.567. The van der Waals surface area contributed by atoms with Crippen LogP contribution in [0.3, 0.4) is 0 Å². The zero-order valence-corrected chi connectivity index (χ0v) is 18.1. The number of benzene rings is 1. The molecule has 152 valence electrons. The van der Waals surface area contributed by atoms with E-state index in [1.807, 2.05) is 19.9 Å². The molecule has 0 aliphatic carbocycles. The molecule has 0 bridgehead atoms. The van der Waals surface area contributed by atoms with Gasteiger partial charge in [0.25, 0.3) is 0 Å². The molecule has 2 rings (SSSR count). The van der Waals surface area contributed by atoms with Crippen LogP contribution >= 0.6 is 0 Å². The number of hydrogen-bond acceptors (Lipinski definition) is 5. The number of aliphatic imine (C=N–C) groups is 1. The Balaban J connectivity index is 2.02. The van der Waals surface area contributed by atoms with E-state index >= 15 is 0 Å². The van der Waals surface area contributed by atoms with Crippen LogP contribution in [0.25, 0.3) is 0 Å². The van der Waals surface area contributed by atoms with Crippen molar-refractivity contribution < 1.29 is 13.2 Å². The molecule has 0 radical (unpaired) electrons. The van der Waals surface area contributed by atoms with Gasteiger partial charge in [-0.2, -0.15) is 0 Å². The van der Waals surface area contributed by atoms with Crippen molar-refractivity contribution in [2.24, 2.45) is 4.99 Å². The number of methoxy groups -OCH3 is 1. The lowest BCUT2D eigenvalue weighted by Gasteiger charge is -2.15. The Kier molecular flexibility index (Phi) is 7.01. The van der Waals surface area contributed by atoms with Gasteiger partial charge in [0.15, 0.2) is 15.8 Å². The van der Waals surface area contributed by atoms with Gasteiger partial charge in [-0.15, -0.1) is 0 Å². The first-order chi connectivity index (χ1) is 13.2. The summed E-state index contributed by atoms with van der Waals surface area (Å²) in [5, 5.41) is 6.47. The number of hydrogen-bond donors (Lipinski definition) is 2. The predicted molar refractivity (Wildman–Crippen MR) is 112 cm³/mol. The molecular weight excluding hydrogens is 376 g/mol. The molecule has 7 nitrogen and oxygen atoms in total. The molecule has 0 saturated carbocycles. The van der Waals surface area contributed by atoms with Gasteiger partial charge in [-0.05, 0) is 38.0 Å². The number of ether oxygens (including phenoxy) is 1. The maximum Gasteiger partial charge on any atom is 0.191 e. The summed E-state index contributed by atoms with van der Waals surface area (Å²) in [5.74, 6) is 1.47. The van der Waals surface area contributed by atoms with E-state index in [0.717, 1.165) is 33.7 Å². The minimum absolute atomic E-state index is 0.355. The molecule has 0 spiro atoms. The average molecular weight is 405 g/mol. The van der Waals surface area contributed by atoms with E-state index in [4.69, 9.17) is 4.74 Å². The smallest absolute Gasteiger partial charge is 0.191 e. The van der Waals surface area contributed by atoms with Crippen LogP contribution in [0.4, 0.5) is 0 Å². The Morgan fingerprint density at radius 2 is 1.82 bits per heavy atom. The fourth-order valence-electron chi connectivity index (χ4n) is 3.06. The molecule has 0 amide bonds. The molecule has 1 aromatic carbocycles. The van der Waals surface area contributed by atoms with E-state index in [-0.39, 0.29) is 0 Å². The molecule has 0 aliphatic rings. The van der Waals surface area contributed by atoms with Gasteiger partial charge in [-0.3, -0.25) is 9.98 Å². The number of rotatable bonds is 6. The summed E-state index contributed by atoms with van der Waals surface area (Å²) >= 11 is 0. The van der Waals surface area contributed by atoms with E-state index in [1.54, 1.807) is 39.4 Å². The van der Waals surface area contributed by atoms with Crippen LogP contribution in [0.15, 0.2) is 34.3 Å². The first-order valence-electron chi connectivity index (χ1n) is 8.90. The van der Waals surface area contributed by atoms with Gasteiger partial charge < -0.3 is 15.4 Å². The highest BCUT2D eigenvalue weighted by molar-refractivity contribution is 7.90. The zero-order chi connectivity index (χ0) is 20.9.